The van der Waals surface area contributed by atoms with Crippen LogP contribution in [0.5, 0.6) is 5.75 Å². The molecule has 1 aliphatic heterocycles. The summed E-state index contributed by atoms with van der Waals surface area (Å²) in [4.78, 5) is 0. The summed E-state index contributed by atoms with van der Waals surface area (Å²) in [5, 5.41) is 3.70. The van der Waals surface area contributed by atoms with Crippen molar-refractivity contribution in [3.05, 3.63) is 29.8 Å². The van der Waals surface area contributed by atoms with Crippen molar-refractivity contribution in [3.8, 4) is 5.75 Å². The largest absolute Gasteiger partial charge is 0.598 e. The summed E-state index contributed by atoms with van der Waals surface area (Å²) in [6.45, 7) is 8.44. The molecule has 1 aromatic rings. The highest BCUT2D eigenvalue weighted by atomic mass is 32.2. The summed E-state index contributed by atoms with van der Waals surface area (Å²) in [5.41, 5.74) is 1.35. The molecule has 0 amide bonds. The second-order valence-corrected chi connectivity index (χ2v) is 10.3. The number of rotatable bonds is 9. The molecule has 1 heterocycles. The van der Waals surface area contributed by atoms with E-state index in [1.165, 1.54) is 5.56 Å². The number of benzene rings is 1. The fraction of sp³-hybridized carbons (Fsp3) is 0.739. The molecule has 29 heavy (non-hydrogen) atoms. The second kappa shape index (κ2) is 11.6. The molecule has 1 saturated heterocycles. The molecule has 2 N–H and O–H groups in total. The average Bonchev–Trinajstić information content (AvgIpc) is 2.74. The summed E-state index contributed by atoms with van der Waals surface area (Å²) in [6.07, 6.45) is 6.97. The molecule has 0 bridgehead atoms. The highest BCUT2D eigenvalue weighted by Crippen LogP contribution is 2.38. The molecule has 3 atom stereocenters. The van der Waals surface area contributed by atoms with Crippen LogP contribution >= 0.6 is 0 Å². The van der Waals surface area contributed by atoms with Gasteiger partial charge in [-0.25, -0.2) is 0 Å². The molecular weight excluding hydrogens is 384 g/mol. The highest BCUT2D eigenvalue weighted by Gasteiger charge is 2.31. The Labute approximate surface area is 179 Å². The summed E-state index contributed by atoms with van der Waals surface area (Å²) >= 11 is -0.986. The lowest BCUT2D eigenvalue weighted by atomic mass is 9.82. The fourth-order valence-corrected chi connectivity index (χ4v) is 5.29. The minimum atomic E-state index is -0.986. The maximum atomic E-state index is 12.2. The first-order chi connectivity index (χ1) is 14.1. The van der Waals surface area contributed by atoms with Crippen LogP contribution in [0.3, 0.4) is 0 Å². The van der Waals surface area contributed by atoms with Gasteiger partial charge in [0.1, 0.15) is 11.0 Å². The molecule has 3 unspecified atom stereocenters. The normalized spacial score (nSPS) is 29.0. The standard InChI is InChI=1S/C23H38N2O3S/c1-4-27-23-10-6-5-8-20(23)18-11-13-19(14-12-18)28-16-22-21(9-7-15-24-22)25-29(26)17(2)3/h5-6,8,10,17-19,21-22,24-25H,4,7,9,11-16H2,1-3H3/t18-,19+,21?,22?,29?. The minimum absolute atomic E-state index is 0.133. The van der Waals surface area contributed by atoms with Crippen LogP contribution in [0.15, 0.2) is 24.3 Å². The van der Waals surface area contributed by atoms with E-state index < -0.39 is 11.4 Å². The minimum Gasteiger partial charge on any atom is -0.598 e. The summed E-state index contributed by atoms with van der Waals surface area (Å²) in [5.74, 6) is 1.60. The van der Waals surface area contributed by atoms with E-state index in [9.17, 15) is 4.55 Å². The molecule has 2 aliphatic rings. The Balaban J connectivity index is 1.47. The van der Waals surface area contributed by atoms with Gasteiger partial charge in [-0.05, 0) is 83.4 Å². The van der Waals surface area contributed by atoms with Crippen molar-refractivity contribution < 1.29 is 14.0 Å². The van der Waals surface area contributed by atoms with Crippen LogP contribution in [-0.2, 0) is 16.1 Å². The van der Waals surface area contributed by atoms with E-state index in [2.05, 4.69) is 34.3 Å². The highest BCUT2D eigenvalue weighted by molar-refractivity contribution is 7.90. The van der Waals surface area contributed by atoms with Gasteiger partial charge in [0.2, 0.25) is 0 Å². The number of ether oxygens (including phenoxy) is 2. The molecular formula is C23H38N2O3S. The van der Waals surface area contributed by atoms with Gasteiger partial charge in [-0.15, -0.1) is 4.72 Å². The summed E-state index contributed by atoms with van der Waals surface area (Å²) < 4.78 is 27.7. The Bertz CT molecular complexity index is 608. The lowest BCUT2D eigenvalue weighted by molar-refractivity contribution is 0.00508. The van der Waals surface area contributed by atoms with E-state index in [-0.39, 0.29) is 17.3 Å². The van der Waals surface area contributed by atoms with Crippen molar-refractivity contribution in [3.63, 3.8) is 0 Å². The molecule has 2 fully saturated rings. The zero-order chi connectivity index (χ0) is 20.6. The van der Waals surface area contributed by atoms with Crippen molar-refractivity contribution in [1.29, 1.82) is 0 Å². The molecule has 0 spiro atoms. The van der Waals surface area contributed by atoms with Gasteiger partial charge in [0.15, 0.2) is 0 Å². The molecule has 1 aromatic carbocycles. The van der Waals surface area contributed by atoms with E-state index in [1.807, 2.05) is 20.8 Å². The van der Waals surface area contributed by atoms with Crippen molar-refractivity contribution in [2.75, 3.05) is 19.8 Å². The van der Waals surface area contributed by atoms with E-state index in [0.717, 1.165) is 50.8 Å². The van der Waals surface area contributed by atoms with Crippen LogP contribution in [0, 0.1) is 0 Å². The van der Waals surface area contributed by atoms with Gasteiger partial charge < -0.3 is 19.3 Å². The van der Waals surface area contributed by atoms with Crippen LogP contribution in [0.4, 0.5) is 0 Å². The van der Waals surface area contributed by atoms with Crippen LogP contribution in [0.2, 0.25) is 0 Å². The van der Waals surface area contributed by atoms with Crippen LogP contribution in [0.25, 0.3) is 0 Å². The predicted molar refractivity (Wildman–Crippen MR) is 120 cm³/mol. The third-order valence-corrected chi connectivity index (χ3v) is 7.52. The molecule has 6 heteroatoms. The van der Waals surface area contributed by atoms with Crippen LogP contribution < -0.4 is 14.8 Å². The van der Waals surface area contributed by atoms with Crippen molar-refractivity contribution >= 4 is 11.4 Å². The summed E-state index contributed by atoms with van der Waals surface area (Å²) in [7, 11) is 0. The van der Waals surface area contributed by atoms with E-state index in [4.69, 9.17) is 9.47 Å². The van der Waals surface area contributed by atoms with Gasteiger partial charge >= 0.3 is 0 Å². The summed E-state index contributed by atoms with van der Waals surface area (Å²) in [6, 6.07) is 8.93. The van der Waals surface area contributed by atoms with Gasteiger partial charge in [0, 0.05) is 11.4 Å². The van der Waals surface area contributed by atoms with Crippen molar-refractivity contribution in [2.45, 2.75) is 88.7 Å². The van der Waals surface area contributed by atoms with Crippen molar-refractivity contribution in [1.82, 2.24) is 10.0 Å². The number of hydrogen-bond acceptors (Lipinski definition) is 5. The van der Waals surface area contributed by atoms with Gasteiger partial charge in [0.25, 0.3) is 0 Å². The molecule has 5 nitrogen and oxygen atoms in total. The molecule has 164 valence electrons. The Morgan fingerprint density at radius 2 is 1.93 bits per heavy atom. The third kappa shape index (κ3) is 6.59. The SMILES string of the molecule is CCOc1ccccc1[C@H]1CC[C@@H](OCC2NCCCC2N[S+]([O-])C(C)C)CC1. The van der Waals surface area contributed by atoms with Gasteiger partial charge in [-0.2, -0.15) is 0 Å². The Morgan fingerprint density at radius 1 is 1.17 bits per heavy atom. The van der Waals surface area contributed by atoms with Gasteiger partial charge in [-0.3, -0.25) is 0 Å². The topological polar surface area (TPSA) is 65.6 Å². The fourth-order valence-electron chi connectivity index (χ4n) is 4.44. The number of para-hydroxylation sites is 1. The van der Waals surface area contributed by atoms with Crippen LogP contribution in [-0.4, -0.2) is 47.7 Å². The van der Waals surface area contributed by atoms with Gasteiger partial charge in [-0.1, -0.05) is 18.2 Å². The Hall–Kier alpha value is -0.790. The molecule has 3 rings (SSSR count). The van der Waals surface area contributed by atoms with Crippen molar-refractivity contribution in [2.24, 2.45) is 0 Å². The first kappa shape index (κ1) is 22.9. The first-order valence-corrected chi connectivity index (χ1v) is 12.5. The maximum absolute atomic E-state index is 12.2. The number of nitrogens with one attached hydrogen (secondary N) is 2. The number of piperidine rings is 1. The maximum Gasteiger partial charge on any atom is 0.129 e. The zero-order valence-electron chi connectivity index (χ0n) is 18.2. The zero-order valence-corrected chi connectivity index (χ0v) is 19.0. The average molecular weight is 423 g/mol. The van der Waals surface area contributed by atoms with Gasteiger partial charge in [0.05, 0.1) is 31.4 Å². The molecule has 0 radical (unpaired) electrons. The van der Waals surface area contributed by atoms with Crippen LogP contribution in [0.1, 0.15) is 70.8 Å². The van der Waals surface area contributed by atoms with E-state index >= 15 is 0 Å². The Kier molecular flexibility index (Phi) is 9.12. The lowest BCUT2D eigenvalue weighted by Crippen LogP contribution is -2.56. The number of hydrogen-bond donors (Lipinski definition) is 2. The monoisotopic (exact) mass is 422 g/mol. The first-order valence-electron chi connectivity index (χ1n) is 11.3. The molecule has 1 aliphatic carbocycles. The third-order valence-electron chi connectivity index (χ3n) is 6.12. The Morgan fingerprint density at radius 3 is 2.66 bits per heavy atom. The lowest BCUT2D eigenvalue weighted by Gasteiger charge is -2.35. The molecule has 1 saturated carbocycles. The second-order valence-electron chi connectivity index (χ2n) is 8.55. The quantitative estimate of drug-likeness (QED) is 0.591. The van der Waals surface area contributed by atoms with E-state index in [1.54, 1.807) is 0 Å². The smallest absolute Gasteiger partial charge is 0.129 e. The predicted octanol–water partition coefficient (Wildman–Crippen LogP) is 3.91. The van der Waals surface area contributed by atoms with E-state index in [0.29, 0.717) is 25.2 Å². The molecule has 0 aromatic heterocycles.